The van der Waals surface area contributed by atoms with E-state index < -0.39 is 0 Å². The van der Waals surface area contributed by atoms with Gasteiger partial charge >= 0.3 is 0 Å². The van der Waals surface area contributed by atoms with Crippen LogP contribution >= 0.6 is 0 Å². The highest BCUT2D eigenvalue weighted by atomic mass is 16.2. The standard InChI is InChI=1S/C15H23BN5O3.C14H21BN5O3.C13H22N6O2/c1-11(23)13(9-16-10-22)5-3-4-8-17-15(24)7-6-14-20-18-12(2)19-21-14;1-11(22)12(8-15-9-21)4-2-3-7-16-14(23)6-5-13-19-17-10-18-20-13;1-9(20)11(14)5-3-4-8-15-13(21)7-6-12-18-16-10(2)17-19-12/h10,13H,3-9H2,1-2H3,(H,17,24);9-10,12H,2-8H2,1H3,(H,16,23);11H,3-8,14H2,1-2H3,(H,15,21). The number of hydrogen-bond donors (Lipinski definition) is 4. The van der Waals surface area contributed by atoms with Crippen molar-refractivity contribution in [2.24, 2.45) is 17.6 Å². The SMILES string of the molecule is CC(=O)C(C[B]C=O)CCCCNC(=O)CCc1nnc(C)nn1.CC(=O)C(C[B]C=O)CCCCNC(=O)CCc1nncnn1.CC(=O)C(N)CCCCNC(=O)CCc1nnc(C)nn1. The summed E-state index contributed by atoms with van der Waals surface area (Å²) in [5, 5.41) is 53.7. The summed E-state index contributed by atoms with van der Waals surface area (Å²) < 4.78 is 0. The first-order valence-corrected chi connectivity index (χ1v) is 22.8. The summed E-state index contributed by atoms with van der Waals surface area (Å²) in [6, 6.07) is -0.389. The number of aromatic nitrogens is 12. The molecule has 5 N–H and O–H groups in total. The summed E-state index contributed by atoms with van der Waals surface area (Å²) in [7, 11) is 2.95. The van der Waals surface area contributed by atoms with Crippen LogP contribution in [0.2, 0.25) is 12.6 Å². The zero-order valence-corrected chi connectivity index (χ0v) is 40.0. The second-order valence-electron chi connectivity index (χ2n) is 15.8. The Bertz CT molecular complexity index is 1940. The lowest BCUT2D eigenvalue weighted by atomic mass is 9.69. The zero-order valence-electron chi connectivity index (χ0n) is 40.0. The van der Waals surface area contributed by atoms with E-state index in [2.05, 4.69) is 77.1 Å². The topological polar surface area (TPSA) is 353 Å². The van der Waals surface area contributed by atoms with Crippen LogP contribution in [0.15, 0.2) is 6.33 Å². The fourth-order valence-corrected chi connectivity index (χ4v) is 5.89. The van der Waals surface area contributed by atoms with Gasteiger partial charge in [-0.2, -0.15) is 0 Å². The van der Waals surface area contributed by atoms with Crippen LogP contribution in [0.25, 0.3) is 0 Å². The number of unbranched alkanes of at least 4 members (excludes halogenated alkanes) is 3. The van der Waals surface area contributed by atoms with Crippen LogP contribution in [-0.2, 0) is 57.6 Å². The molecule has 3 aromatic rings. The second-order valence-corrected chi connectivity index (χ2v) is 15.8. The van der Waals surface area contributed by atoms with Gasteiger partial charge in [0.1, 0.15) is 17.3 Å². The van der Waals surface area contributed by atoms with Crippen LogP contribution in [0.1, 0.15) is 127 Å². The largest absolute Gasteiger partial charge is 0.356 e. The summed E-state index contributed by atoms with van der Waals surface area (Å²) in [5.41, 5.74) is 5.62. The monoisotopic (exact) mass is 945 g/mol. The van der Waals surface area contributed by atoms with Crippen molar-refractivity contribution in [1.82, 2.24) is 77.1 Å². The maximum atomic E-state index is 11.7. The fraction of sp³-hybridized carbons (Fsp3) is 0.667. The molecule has 368 valence electrons. The Hall–Kier alpha value is -6.33. The minimum absolute atomic E-state index is 0.000600. The van der Waals surface area contributed by atoms with Crippen molar-refractivity contribution in [2.75, 3.05) is 19.6 Å². The summed E-state index contributed by atoms with van der Waals surface area (Å²) in [6.07, 6.45) is 12.7. The maximum absolute atomic E-state index is 11.7. The van der Waals surface area contributed by atoms with E-state index in [1.807, 2.05) is 0 Å². The van der Waals surface area contributed by atoms with Crippen molar-refractivity contribution in [1.29, 1.82) is 0 Å². The molecule has 0 aliphatic heterocycles. The molecule has 0 fully saturated rings. The van der Waals surface area contributed by atoms with Gasteiger partial charge in [0.15, 0.2) is 50.0 Å². The first-order chi connectivity index (χ1) is 32.6. The zero-order chi connectivity index (χ0) is 50.4. The molecule has 3 rings (SSSR count). The van der Waals surface area contributed by atoms with Gasteiger partial charge in [-0.15, -0.1) is 61.2 Å². The van der Waals surface area contributed by atoms with E-state index in [0.717, 1.165) is 63.7 Å². The number of carbonyl (C=O) groups is 8. The predicted octanol–water partition coefficient (Wildman–Crippen LogP) is 0.0260. The van der Waals surface area contributed by atoms with E-state index in [-0.39, 0.29) is 65.8 Å². The van der Waals surface area contributed by atoms with Gasteiger partial charge in [0.25, 0.3) is 0 Å². The highest BCUT2D eigenvalue weighted by Gasteiger charge is 2.15. The van der Waals surface area contributed by atoms with E-state index in [1.54, 1.807) is 27.7 Å². The Morgan fingerprint density at radius 3 is 1.18 bits per heavy atom. The van der Waals surface area contributed by atoms with Crippen LogP contribution in [-0.4, -0.2) is 149 Å². The molecule has 3 atom stereocenters. The molecule has 0 aliphatic carbocycles. The second kappa shape index (κ2) is 37.7. The summed E-state index contributed by atoms with van der Waals surface area (Å²) in [6.45, 7) is 9.68. The van der Waals surface area contributed by atoms with Gasteiger partial charge < -0.3 is 31.3 Å². The van der Waals surface area contributed by atoms with Gasteiger partial charge in [-0.25, -0.2) is 0 Å². The number of carbonyl (C=O) groups excluding carboxylic acids is 8. The number of Topliss-reactive ketones (excluding diaryl/α,β-unsaturated/α-hetero) is 3. The molecule has 24 nitrogen and oxygen atoms in total. The molecule has 0 spiro atoms. The average molecular weight is 945 g/mol. The highest BCUT2D eigenvalue weighted by molar-refractivity contribution is 6.67. The number of nitrogens with zero attached hydrogens (tertiary/aromatic N) is 12. The van der Waals surface area contributed by atoms with E-state index >= 15 is 0 Å². The van der Waals surface area contributed by atoms with Crippen molar-refractivity contribution >= 4 is 62.0 Å². The third kappa shape index (κ3) is 31.6. The minimum Gasteiger partial charge on any atom is -0.356 e. The van der Waals surface area contributed by atoms with E-state index in [4.69, 9.17) is 5.73 Å². The molecule has 0 saturated carbocycles. The Labute approximate surface area is 398 Å². The number of nitrogens with one attached hydrogen (secondary N) is 3. The third-order valence-electron chi connectivity index (χ3n) is 9.99. The third-order valence-corrected chi connectivity index (χ3v) is 9.99. The molecule has 0 aromatic carbocycles. The lowest BCUT2D eigenvalue weighted by Gasteiger charge is -2.11. The Morgan fingerprint density at radius 2 is 0.853 bits per heavy atom. The molecule has 0 saturated heterocycles. The van der Waals surface area contributed by atoms with Crippen molar-refractivity contribution < 1.29 is 38.4 Å². The van der Waals surface area contributed by atoms with E-state index in [1.165, 1.54) is 27.8 Å². The molecule has 0 aliphatic rings. The van der Waals surface area contributed by atoms with Gasteiger partial charge in [-0.1, -0.05) is 25.5 Å². The summed E-state index contributed by atoms with van der Waals surface area (Å²) in [4.78, 5) is 89.4. The maximum Gasteiger partial charge on any atom is 0.220 e. The van der Waals surface area contributed by atoms with E-state index in [9.17, 15) is 38.4 Å². The molecule has 0 bridgehead atoms. The number of rotatable bonds is 33. The Kier molecular flexibility index (Phi) is 33.1. The molecule has 3 aromatic heterocycles. The van der Waals surface area contributed by atoms with Crippen LogP contribution in [0.4, 0.5) is 0 Å². The van der Waals surface area contributed by atoms with Crippen molar-refractivity contribution in [2.45, 2.75) is 150 Å². The van der Waals surface area contributed by atoms with Crippen LogP contribution in [0.3, 0.4) is 0 Å². The molecule has 3 heterocycles. The van der Waals surface area contributed by atoms with Gasteiger partial charge in [0.05, 0.1) is 18.4 Å². The number of aryl methyl sites for hydroxylation is 5. The van der Waals surface area contributed by atoms with Gasteiger partial charge in [-0.3, -0.25) is 28.8 Å². The molecule has 68 heavy (non-hydrogen) atoms. The number of hydrogen-bond acceptors (Lipinski definition) is 21. The summed E-state index contributed by atoms with van der Waals surface area (Å²) in [5.74, 6) is 2.13. The molecular formula is C42H66B2N16O8. The Morgan fingerprint density at radius 1 is 0.515 bits per heavy atom. The molecular weight excluding hydrogens is 878 g/mol. The van der Waals surface area contributed by atoms with Crippen molar-refractivity contribution in [3.05, 3.63) is 35.4 Å². The number of amides is 3. The summed E-state index contributed by atoms with van der Waals surface area (Å²) >= 11 is 0. The molecule has 3 amide bonds. The molecule has 3 unspecified atom stereocenters. The van der Waals surface area contributed by atoms with E-state index in [0.29, 0.717) is 93.5 Å². The first-order valence-electron chi connectivity index (χ1n) is 22.8. The highest BCUT2D eigenvalue weighted by Crippen LogP contribution is 2.15. The first kappa shape index (κ1) is 59.7. The van der Waals surface area contributed by atoms with Gasteiger partial charge in [-0.05, 0) is 79.6 Å². The number of nitrogens with two attached hydrogens (primary N) is 1. The van der Waals surface area contributed by atoms with Gasteiger partial charge in [0, 0.05) is 70.0 Å². The molecule has 2 radical (unpaired) electrons. The normalized spacial score (nSPS) is 11.7. The quantitative estimate of drug-likeness (QED) is 0.0355. The minimum atomic E-state index is -0.389. The smallest absolute Gasteiger partial charge is 0.220 e. The van der Waals surface area contributed by atoms with Crippen molar-refractivity contribution in [3.63, 3.8) is 0 Å². The van der Waals surface area contributed by atoms with Crippen LogP contribution < -0.4 is 21.7 Å². The van der Waals surface area contributed by atoms with Gasteiger partial charge in [0.2, 0.25) is 17.7 Å². The van der Waals surface area contributed by atoms with Crippen molar-refractivity contribution in [3.8, 4) is 0 Å². The number of ketones is 3. The predicted molar refractivity (Wildman–Crippen MR) is 250 cm³/mol. The Balaban J connectivity index is 0.000000511. The lowest BCUT2D eigenvalue weighted by molar-refractivity contribution is -0.122. The van der Waals surface area contributed by atoms with Crippen LogP contribution in [0, 0.1) is 25.7 Å². The average Bonchev–Trinajstić information content (AvgIpc) is 3.32. The fourth-order valence-electron chi connectivity index (χ4n) is 5.89. The van der Waals surface area contributed by atoms with Crippen LogP contribution in [0.5, 0.6) is 0 Å². The molecule has 26 heteroatoms. The lowest BCUT2D eigenvalue weighted by Crippen LogP contribution is -2.29.